The molecule has 1 aliphatic carbocycles. The highest BCUT2D eigenvalue weighted by Gasteiger charge is 2.73. The zero-order chi connectivity index (χ0) is 27.9. The highest BCUT2D eigenvalue weighted by molar-refractivity contribution is 7.89. The minimum Gasteiger partial charge on any atom is -0.454 e. The van der Waals surface area contributed by atoms with E-state index in [9.17, 15) is 33.2 Å². The van der Waals surface area contributed by atoms with Crippen LogP contribution in [0.1, 0.15) is 68.6 Å². The maximum atomic E-state index is 14.0. The molecule has 1 aliphatic heterocycles. The second-order valence-electron chi connectivity index (χ2n) is 9.77. The largest absolute Gasteiger partial charge is 0.454 e. The van der Waals surface area contributed by atoms with Crippen molar-refractivity contribution in [3.8, 4) is 5.75 Å². The number of rotatable bonds is 5. The first kappa shape index (κ1) is 25.6. The van der Waals surface area contributed by atoms with Crippen molar-refractivity contribution in [2.24, 2.45) is 5.14 Å². The van der Waals surface area contributed by atoms with Crippen molar-refractivity contribution in [3.63, 3.8) is 0 Å². The van der Waals surface area contributed by atoms with Gasteiger partial charge < -0.3 is 20.1 Å². The number of ketones is 1. The monoisotopic (exact) mass is 540 g/mol. The molecular weight excluding hydrogens is 516 g/mol. The summed E-state index contributed by atoms with van der Waals surface area (Å²) in [6.07, 6.45) is 0. The Morgan fingerprint density at radius 1 is 1.24 bits per heavy atom. The van der Waals surface area contributed by atoms with Crippen LogP contribution in [0.2, 0.25) is 0 Å². The number of H-pyrrole nitrogens is 1. The number of carbonyl (C=O) groups excluding carboxylic acids is 2. The van der Waals surface area contributed by atoms with Gasteiger partial charge in [-0.3, -0.25) is 19.7 Å². The molecule has 0 saturated carbocycles. The Hall–Kier alpha value is -4.07. The number of nitro benzene ring substituents is 1. The number of sulfonamides is 1. The van der Waals surface area contributed by atoms with Gasteiger partial charge in [0, 0.05) is 22.9 Å². The predicted octanol–water partition coefficient (Wildman–Crippen LogP) is 2.37. The van der Waals surface area contributed by atoms with Gasteiger partial charge in [0.25, 0.3) is 17.4 Å². The van der Waals surface area contributed by atoms with Crippen molar-refractivity contribution in [1.82, 2.24) is 10.3 Å². The number of nitrogens with two attached hydrogens (primary N) is 1. The van der Waals surface area contributed by atoms with Gasteiger partial charge in [-0.05, 0) is 37.0 Å². The number of Topliss-reactive ketones (excluding diaryl/α,β-unsaturated/α-hetero) is 1. The van der Waals surface area contributed by atoms with Crippen LogP contribution in [0.15, 0.2) is 41.3 Å². The number of hydrogen-bond acceptors (Lipinski definition) is 8. The molecule has 0 saturated heterocycles. The summed E-state index contributed by atoms with van der Waals surface area (Å²) in [5.41, 5.74) is -2.65. The first-order valence-corrected chi connectivity index (χ1v) is 13.1. The zero-order valence-electron chi connectivity index (χ0n) is 20.8. The van der Waals surface area contributed by atoms with Crippen LogP contribution in [0.3, 0.4) is 0 Å². The fourth-order valence-electron chi connectivity index (χ4n) is 5.49. The molecule has 0 radical (unpaired) electrons. The quantitative estimate of drug-likeness (QED) is 0.279. The molecule has 5 N–H and O–H groups in total. The molecule has 13 heteroatoms. The van der Waals surface area contributed by atoms with E-state index in [-0.39, 0.29) is 50.2 Å². The molecule has 2 aliphatic rings. The highest BCUT2D eigenvalue weighted by Crippen LogP contribution is 2.60. The SMILES string of the molecule is Cc1[nH]c(C(=O)NC23C(=O)c4cccc([N+](=O)[O-])c4C2(O)Oc2cc(C(C)C)ccc23)c(C)c1S(N)(=O)=O. The molecule has 12 nitrogen and oxygen atoms in total. The fraction of sp³-hybridized carbons (Fsp3) is 0.280. The molecule has 2 aromatic carbocycles. The molecule has 2 unspecified atom stereocenters. The summed E-state index contributed by atoms with van der Waals surface area (Å²) >= 11 is 0. The lowest BCUT2D eigenvalue weighted by Gasteiger charge is -2.34. The summed E-state index contributed by atoms with van der Waals surface area (Å²) in [5, 5.41) is 31.8. The summed E-state index contributed by atoms with van der Waals surface area (Å²) in [5.74, 6) is -4.33. The molecule has 0 bridgehead atoms. The number of nitro groups is 1. The number of aliphatic hydroxyl groups is 1. The lowest BCUT2D eigenvalue weighted by molar-refractivity contribution is -0.388. The number of fused-ring (bicyclic) bond motifs is 5. The maximum Gasteiger partial charge on any atom is 0.280 e. The number of aromatic nitrogens is 1. The van der Waals surface area contributed by atoms with E-state index in [1.54, 1.807) is 12.1 Å². The number of hydrogen-bond donors (Lipinski definition) is 4. The van der Waals surface area contributed by atoms with Crippen LogP contribution in [0.4, 0.5) is 5.69 Å². The number of aryl methyl sites for hydroxylation is 1. The Bertz CT molecular complexity index is 1690. The molecule has 38 heavy (non-hydrogen) atoms. The van der Waals surface area contributed by atoms with Gasteiger partial charge in [-0.25, -0.2) is 13.6 Å². The zero-order valence-corrected chi connectivity index (χ0v) is 21.6. The number of ether oxygens (including phenoxy) is 1. The maximum absolute atomic E-state index is 14.0. The van der Waals surface area contributed by atoms with Crippen LogP contribution in [-0.4, -0.2) is 35.1 Å². The molecule has 2 heterocycles. The van der Waals surface area contributed by atoms with E-state index in [0.717, 1.165) is 11.6 Å². The van der Waals surface area contributed by atoms with E-state index in [1.807, 2.05) is 13.8 Å². The molecule has 2 atom stereocenters. The molecule has 1 aromatic heterocycles. The third-order valence-corrected chi connectivity index (χ3v) is 8.37. The average Bonchev–Trinajstić information content (AvgIpc) is 3.34. The van der Waals surface area contributed by atoms with Crippen LogP contribution < -0.4 is 15.2 Å². The lowest BCUT2D eigenvalue weighted by atomic mass is 9.82. The third-order valence-electron chi connectivity index (χ3n) is 7.19. The van der Waals surface area contributed by atoms with Crippen molar-refractivity contribution in [2.45, 2.75) is 49.8 Å². The van der Waals surface area contributed by atoms with Crippen LogP contribution in [0.5, 0.6) is 5.75 Å². The van der Waals surface area contributed by atoms with E-state index < -0.39 is 43.7 Å². The van der Waals surface area contributed by atoms with Gasteiger partial charge in [-0.1, -0.05) is 38.1 Å². The van der Waals surface area contributed by atoms with E-state index in [2.05, 4.69) is 10.3 Å². The van der Waals surface area contributed by atoms with Crippen LogP contribution in [-0.2, 0) is 21.3 Å². The van der Waals surface area contributed by atoms with E-state index in [4.69, 9.17) is 9.88 Å². The van der Waals surface area contributed by atoms with Gasteiger partial charge in [0.1, 0.15) is 21.9 Å². The Kier molecular flexibility index (Phi) is 5.36. The van der Waals surface area contributed by atoms with Gasteiger partial charge >= 0.3 is 0 Å². The number of nitrogens with one attached hydrogen (secondary N) is 2. The molecule has 198 valence electrons. The van der Waals surface area contributed by atoms with E-state index in [0.29, 0.717) is 0 Å². The highest BCUT2D eigenvalue weighted by atomic mass is 32.2. The predicted molar refractivity (Wildman–Crippen MR) is 133 cm³/mol. The average molecular weight is 541 g/mol. The number of aromatic amines is 1. The van der Waals surface area contributed by atoms with Crippen LogP contribution in [0, 0.1) is 24.0 Å². The van der Waals surface area contributed by atoms with Gasteiger partial charge in [-0.15, -0.1) is 0 Å². The topological polar surface area (TPSA) is 195 Å². The molecule has 5 rings (SSSR count). The Balaban J connectivity index is 1.76. The number of primary sulfonamides is 1. The first-order chi connectivity index (χ1) is 17.6. The number of nitrogens with zero attached hydrogens (tertiary/aromatic N) is 1. The minimum absolute atomic E-state index is 0.00525. The molecule has 0 fully saturated rings. The minimum atomic E-state index is -4.19. The van der Waals surface area contributed by atoms with Gasteiger partial charge in [0.15, 0.2) is 0 Å². The first-order valence-electron chi connectivity index (χ1n) is 11.6. The van der Waals surface area contributed by atoms with Gasteiger partial charge in [0.2, 0.25) is 21.3 Å². The molecule has 0 spiro atoms. The smallest absolute Gasteiger partial charge is 0.280 e. The van der Waals surface area contributed by atoms with Gasteiger partial charge in [-0.2, -0.15) is 0 Å². The molecule has 3 aromatic rings. The van der Waals surface area contributed by atoms with E-state index >= 15 is 0 Å². The second-order valence-corrected chi connectivity index (χ2v) is 11.3. The van der Waals surface area contributed by atoms with Crippen LogP contribution >= 0.6 is 0 Å². The van der Waals surface area contributed by atoms with Crippen molar-refractivity contribution in [1.29, 1.82) is 0 Å². The lowest BCUT2D eigenvalue weighted by Crippen LogP contribution is -2.60. The molecular formula is C25H24N4O8S. The Morgan fingerprint density at radius 2 is 1.92 bits per heavy atom. The molecule has 1 amide bonds. The number of carbonyl (C=O) groups is 2. The summed E-state index contributed by atoms with van der Waals surface area (Å²) in [4.78, 5) is 41.3. The fourth-order valence-corrected chi connectivity index (χ4v) is 6.50. The number of benzene rings is 2. The normalized spacial score (nSPS) is 21.6. The summed E-state index contributed by atoms with van der Waals surface area (Å²) in [6, 6.07) is 8.58. The second kappa shape index (κ2) is 7.96. The number of amides is 1. The standard InChI is InChI=1S/C25H24N4O8S/c1-11(2)14-8-9-16-18(10-14)37-25(32)19-15(6-5-7-17(19)29(33)34)22(30)24(16,25)28-23(31)20-12(3)21(13(4)27-20)38(26,35)36/h5-11,27,32H,1-4H3,(H,28,31)(H2,26,35,36). The van der Waals surface area contributed by atoms with Crippen molar-refractivity contribution < 1.29 is 32.8 Å². The van der Waals surface area contributed by atoms with Crippen LogP contribution in [0.25, 0.3) is 0 Å². The third kappa shape index (κ3) is 3.19. The Morgan fingerprint density at radius 3 is 2.50 bits per heavy atom. The summed E-state index contributed by atoms with van der Waals surface area (Å²) < 4.78 is 30.1. The van der Waals surface area contributed by atoms with Crippen molar-refractivity contribution >= 4 is 27.4 Å². The van der Waals surface area contributed by atoms with Gasteiger partial charge in [0.05, 0.1) is 4.92 Å². The van der Waals surface area contributed by atoms with E-state index in [1.165, 1.54) is 32.0 Å². The Labute approximate surface area is 217 Å². The summed E-state index contributed by atoms with van der Waals surface area (Å²) in [7, 11) is -4.19. The van der Waals surface area contributed by atoms with Crippen molar-refractivity contribution in [2.75, 3.05) is 0 Å². The summed E-state index contributed by atoms with van der Waals surface area (Å²) in [6.45, 7) is 6.63. The van der Waals surface area contributed by atoms with Crippen molar-refractivity contribution in [3.05, 3.63) is 85.7 Å².